The van der Waals surface area contributed by atoms with Crippen LogP contribution in [0.1, 0.15) is 60.9 Å². The van der Waals surface area contributed by atoms with Crippen LogP contribution < -0.4 is 10.1 Å². The highest BCUT2D eigenvalue weighted by Crippen LogP contribution is 2.36. The lowest BCUT2D eigenvalue weighted by atomic mass is 10.0. The molecule has 170 valence electrons. The van der Waals surface area contributed by atoms with E-state index in [4.69, 9.17) is 9.47 Å². The molecule has 5 aliphatic rings. The van der Waals surface area contributed by atoms with Crippen LogP contribution in [0.4, 0.5) is 0 Å². The average Bonchev–Trinajstić information content (AvgIpc) is 3.46. The minimum Gasteiger partial charge on any atom is -0.489 e. The van der Waals surface area contributed by atoms with E-state index in [-0.39, 0.29) is 17.9 Å². The Balaban J connectivity index is 1.15. The van der Waals surface area contributed by atoms with Gasteiger partial charge in [0.1, 0.15) is 17.9 Å². The minimum absolute atomic E-state index is 0.0678. The maximum absolute atomic E-state index is 13.0. The Labute approximate surface area is 188 Å². The lowest BCUT2D eigenvalue weighted by Crippen LogP contribution is -2.51. The SMILES string of the molecule is C=C1CCC(N2Cc3cc(O[C@H]4CCC[C@H]4N4CC5CCC(C4)O5)ccc3C2=O)C(=O)N1. The van der Waals surface area contributed by atoms with E-state index in [1.807, 2.05) is 18.2 Å². The van der Waals surface area contributed by atoms with Crippen LogP contribution in [0.15, 0.2) is 30.5 Å². The van der Waals surface area contributed by atoms with Crippen LogP contribution in [0.25, 0.3) is 0 Å². The predicted molar refractivity (Wildman–Crippen MR) is 118 cm³/mol. The molecule has 7 heteroatoms. The van der Waals surface area contributed by atoms with Gasteiger partial charge in [0.15, 0.2) is 0 Å². The number of amides is 2. The molecule has 6 rings (SSSR count). The zero-order chi connectivity index (χ0) is 21.8. The zero-order valence-electron chi connectivity index (χ0n) is 18.4. The second-order valence-corrected chi connectivity index (χ2v) is 9.97. The monoisotopic (exact) mass is 437 g/mol. The Bertz CT molecular complexity index is 951. The van der Waals surface area contributed by atoms with Crippen LogP contribution in [0, 0.1) is 0 Å². The Hall–Kier alpha value is -2.38. The van der Waals surface area contributed by atoms with Gasteiger partial charge in [-0.1, -0.05) is 6.58 Å². The number of carbonyl (C=O) groups excluding carboxylic acids is 2. The van der Waals surface area contributed by atoms with Crippen molar-refractivity contribution in [2.45, 2.75) is 81.9 Å². The molecular weight excluding hydrogens is 406 g/mol. The van der Waals surface area contributed by atoms with Gasteiger partial charge in [-0.15, -0.1) is 0 Å². The molecule has 1 N–H and O–H groups in total. The molecule has 3 unspecified atom stereocenters. The van der Waals surface area contributed by atoms with Crippen molar-refractivity contribution in [2.24, 2.45) is 0 Å². The molecule has 5 atom stereocenters. The number of hydrogen-bond donors (Lipinski definition) is 1. The summed E-state index contributed by atoms with van der Waals surface area (Å²) in [5, 5.41) is 2.79. The highest BCUT2D eigenvalue weighted by molar-refractivity contribution is 6.01. The number of ether oxygens (including phenoxy) is 2. The predicted octanol–water partition coefficient (Wildman–Crippen LogP) is 2.60. The van der Waals surface area contributed by atoms with Crippen molar-refractivity contribution in [3.05, 3.63) is 41.6 Å². The number of fused-ring (bicyclic) bond motifs is 3. The quantitative estimate of drug-likeness (QED) is 0.784. The largest absolute Gasteiger partial charge is 0.489 e. The van der Waals surface area contributed by atoms with E-state index >= 15 is 0 Å². The van der Waals surface area contributed by atoms with Crippen LogP contribution in [0.5, 0.6) is 5.75 Å². The van der Waals surface area contributed by atoms with E-state index in [0.29, 0.717) is 43.2 Å². The normalized spacial score (nSPS) is 34.7. The van der Waals surface area contributed by atoms with Crippen molar-refractivity contribution in [3.8, 4) is 5.75 Å². The molecule has 4 fully saturated rings. The van der Waals surface area contributed by atoms with E-state index < -0.39 is 6.04 Å². The maximum Gasteiger partial charge on any atom is 0.255 e. The van der Waals surface area contributed by atoms with E-state index in [2.05, 4.69) is 16.8 Å². The maximum atomic E-state index is 13.0. The second kappa shape index (κ2) is 7.89. The van der Waals surface area contributed by atoms with Gasteiger partial charge in [-0.25, -0.2) is 0 Å². The third kappa shape index (κ3) is 3.52. The molecule has 1 aliphatic carbocycles. The molecule has 1 saturated carbocycles. The van der Waals surface area contributed by atoms with Crippen molar-refractivity contribution >= 4 is 11.8 Å². The molecule has 0 aromatic heterocycles. The number of carbonyl (C=O) groups is 2. The molecule has 4 heterocycles. The Morgan fingerprint density at radius 2 is 1.88 bits per heavy atom. The molecule has 32 heavy (non-hydrogen) atoms. The first-order valence-corrected chi connectivity index (χ1v) is 12.0. The number of allylic oxidation sites excluding steroid dienone is 1. The van der Waals surface area contributed by atoms with Gasteiger partial charge >= 0.3 is 0 Å². The van der Waals surface area contributed by atoms with Crippen molar-refractivity contribution < 1.29 is 19.1 Å². The first kappa shape index (κ1) is 20.2. The molecule has 2 bridgehead atoms. The number of rotatable bonds is 4. The van der Waals surface area contributed by atoms with E-state index in [1.165, 1.54) is 25.7 Å². The van der Waals surface area contributed by atoms with Gasteiger partial charge in [-0.3, -0.25) is 14.5 Å². The van der Waals surface area contributed by atoms with E-state index in [1.54, 1.807) is 4.90 Å². The number of morpholine rings is 1. The van der Waals surface area contributed by atoms with Crippen LogP contribution in [-0.4, -0.2) is 65.1 Å². The van der Waals surface area contributed by atoms with Gasteiger partial charge in [0.2, 0.25) is 5.91 Å². The van der Waals surface area contributed by atoms with Gasteiger partial charge in [0.05, 0.1) is 12.2 Å². The number of nitrogens with one attached hydrogen (secondary N) is 1. The molecule has 0 radical (unpaired) electrons. The smallest absolute Gasteiger partial charge is 0.255 e. The number of nitrogens with zero attached hydrogens (tertiary/aromatic N) is 2. The number of hydrogen-bond acceptors (Lipinski definition) is 5. The molecule has 3 saturated heterocycles. The summed E-state index contributed by atoms with van der Waals surface area (Å²) >= 11 is 0. The van der Waals surface area contributed by atoms with E-state index in [0.717, 1.165) is 36.5 Å². The van der Waals surface area contributed by atoms with Gasteiger partial charge in [0, 0.05) is 36.9 Å². The summed E-state index contributed by atoms with van der Waals surface area (Å²) in [6.07, 6.45) is 8.06. The topological polar surface area (TPSA) is 71.1 Å². The van der Waals surface area contributed by atoms with Crippen molar-refractivity contribution in [2.75, 3.05) is 13.1 Å². The first-order valence-electron chi connectivity index (χ1n) is 12.0. The lowest BCUT2D eigenvalue weighted by molar-refractivity contribution is -0.126. The van der Waals surface area contributed by atoms with Gasteiger partial charge in [-0.2, -0.15) is 0 Å². The summed E-state index contributed by atoms with van der Waals surface area (Å²) in [4.78, 5) is 29.7. The Morgan fingerprint density at radius 3 is 2.66 bits per heavy atom. The van der Waals surface area contributed by atoms with Crippen LogP contribution in [-0.2, 0) is 16.1 Å². The molecule has 1 aromatic rings. The summed E-state index contributed by atoms with van der Waals surface area (Å²) < 4.78 is 12.5. The van der Waals surface area contributed by atoms with Gasteiger partial charge < -0.3 is 19.7 Å². The fourth-order valence-corrected chi connectivity index (χ4v) is 6.26. The highest BCUT2D eigenvalue weighted by Gasteiger charge is 2.42. The summed E-state index contributed by atoms with van der Waals surface area (Å²) in [6, 6.07) is 5.80. The zero-order valence-corrected chi connectivity index (χ0v) is 18.4. The molecule has 2 amide bonds. The van der Waals surface area contributed by atoms with Crippen molar-refractivity contribution in [1.29, 1.82) is 0 Å². The third-order valence-electron chi connectivity index (χ3n) is 7.85. The van der Waals surface area contributed by atoms with Gasteiger partial charge in [-0.05, 0) is 68.7 Å². The summed E-state index contributed by atoms with van der Waals surface area (Å²) in [5.74, 6) is 0.627. The molecule has 1 aromatic carbocycles. The fraction of sp³-hybridized carbons (Fsp3) is 0.600. The van der Waals surface area contributed by atoms with E-state index in [9.17, 15) is 9.59 Å². The first-order chi connectivity index (χ1) is 15.5. The fourth-order valence-electron chi connectivity index (χ4n) is 6.26. The number of benzene rings is 1. The average molecular weight is 438 g/mol. The second-order valence-electron chi connectivity index (χ2n) is 9.97. The molecule has 4 aliphatic heterocycles. The minimum atomic E-state index is -0.430. The lowest BCUT2D eigenvalue weighted by Gasteiger charge is -2.38. The van der Waals surface area contributed by atoms with Crippen molar-refractivity contribution in [3.63, 3.8) is 0 Å². The van der Waals surface area contributed by atoms with Gasteiger partial charge in [0.25, 0.3) is 5.91 Å². The summed E-state index contributed by atoms with van der Waals surface area (Å²) in [6.45, 7) is 6.33. The Morgan fingerprint density at radius 1 is 1.06 bits per heavy atom. The number of piperidine rings is 1. The number of likely N-dealkylation sites (tertiary alicyclic amines) is 1. The summed E-state index contributed by atoms with van der Waals surface area (Å²) in [5.41, 5.74) is 2.36. The molecule has 7 nitrogen and oxygen atoms in total. The van der Waals surface area contributed by atoms with Crippen molar-refractivity contribution in [1.82, 2.24) is 15.1 Å². The van der Waals surface area contributed by atoms with Crippen LogP contribution >= 0.6 is 0 Å². The standard InChI is InChI=1S/C25H31N3O4/c1-15-5-10-22(24(29)26-15)28-12-16-11-17(8-9-20(16)25(28)30)32-23-4-2-3-21(23)27-13-18-6-7-19(14-27)31-18/h8-9,11,18-19,21-23H,1-7,10,12-14H2,(H,26,29)/t18?,19?,21-,22?,23+/m1/s1. The molecule has 0 spiro atoms. The van der Waals surface area contributed by atoms with Crippen LogP contribution in [0.2, 0.25) is 0 Å². The third-order valence-corrected chi connectivity index (χ3v) is 7.85. The highest BCUT2D eigenvalue weighted by atomic mass is 16.5. The molecular formula is C25H31N3O4. The summed E-state index contributed by atoms with van der Waals surface area (Å²) in [7, 11) is 0. The van der Waals surface area contributed by atoms with Crippen LogP contribution in [0.3, 0.4) is 0 Å². The Kier molecular flexibility index (Phi) is 4.99.